The maximum atomic E-state index is 13.3. The van der Waals surface area contributed by atoms with E-state index in [0.29, 0.717) is 0 Å². The summed E-state index contributed by atoms with van der Waals surface area (Å²) in [6.45, 7) is 2.15. The van der Waals surface area contributed by atoms with Crippen molar-refractivity contribution in [1.29, 1.82) is 0 Å². The molecule has 0 bridgehead atoms. The monoisotopic (exact) mass is 404 g/mol. The summed E-state index contributed by atoms with van der Waals surface area (Å²) >= 11 is 6.08. The van der Waals surface area contributed by atoms with Crippen LogP contribution in [0.25, 0.3) is 0 Å². The van der Waals surface area contributed by atoms with Gasteiger partial charge in [0.1, 0.15) is 0 Å². The molecule has 4 heteroatoms. The molecule has 2 atom stereocenters. The first-order chi connectivity index (χ1) is 14.1. The number of pyridine rings is 1. The summed E-state index contributed by atoms with van der Waals surface area (Å²) in [6, 6.07) is 22.3. The third-order valence-electron chi connectivity index (χ3n) is 5.67. The van der Waals surface area contributed by atoms with Crippen molar-refractivity contribution in [2.45, 2.75) is 38.1 Å². The van der Waals surface area contributed by atoms with E-state index in [0.717, 1.165) is 30.0 Å². The van der Waals surface area contributed by atoms with Crippen molar-refractivity contribution in [2.75, 3.05) is 4.90 Å². The Morgan fingerprint density at radius 3 is 2.41 bits per heavy atom. The number of amides is 1. The summed E-state index contributed by atoms with van der Waals surface area (Å²) in [6.07, 6.45) is 6.33. The van der Waals surface area contributed by atoms with Crippen molar-refractivity contribution in [3.05, 3.63) is 95.3 Å². The Morgan fingerprint density at radius 1 is 1.07 bits per heavy atom. The average molecular weight is 405 g/mol. The van der Waals surface area contributed by atoms with Crippen molar-refractivity contribution >= 4 is 23.2 Å². The number of benzene rings is 2. The normalized spacial score (nSPS) is 15.5. The van der Waals surface area contributed by atoms with Crippen LogP contribution in [0.2, 0.25) is 5.02 Å². The molecule has 1 aliphatic carbocycles. The minimum atomic E-state index is -0.00891. The molecule has 0 radical (unpaired) electrons. The molecule has 2 unspecified atom stereocenters. The van der Waals surface area contributed by atoms with E-state index in [9.17, 15) is 4.79 Å². The molecule has 29 heavy (non-hydrogen) atoms. The Labute approximate surface area is 177 Å². The maximum absolute atomic E-state index is 13.3. The summed E-state index contributed by atoms with van der Waals surface area (Å²) in [5, 5.41) is 0.735. The molecule has 0 spiro atoms. The van der Waals surface area contributed by atoms with Gasteiger partial charge in [0.15, 0.2) is 0 Å². The Balaban J connectivity index is 1.70. The molecule has 0 N–H and O–H groups in total. The van der Waals surface area contributed by atoms with E-state index in [1.54, 1.807) is 12.4 Å². The summed E-state index contributed by atoms with van der Waals surface area (Å²) in [7, 11) is 0. The molecule has 3 aromatic rings. The second-order valence-corrected chi connectivity index (χ2v) is 8.22. The molecule has 1 aliphatic rings. The molecule has 1 amide bonds. The fourth-order valence-corrected chi connectivity index (χ4v) is 4.03. The van der Waals surface area contributed by atoms with Crippen LogP contribution in [0.15, 0.2) is 79.1 Å². The number of nitrogens with zero attached hydrogens (tertiary/aromatic N) is 2. The van der Waals surface area contributed by atoms with Crippen LogP contribution in [0.1, 0.15) is 36.8 Å². The fourth-order valence-electron chi connectivity index (χ4n) is 3.91. The van der Waals surface area contributed by atoms with Crippen molar-refractivity contribution in [1.82, 2.24) is 4.98 Å². The van der Waals surface area contributed by atoms with Crippen LogP contribution in [-0.2, 0) is 11.2 Å². The minimum absolute atomic E-state index is 0.00891. The average Bonchev–Trinajstić information content (AvgIpc) is 3.60. The third-order valence-corrected chi connectivity index (χ3v) is 5.93. The Kier molecular flexibility index (Phi) is 5.96. The number of aromatic nitrogens is 1. The fraction of sp³-hybridized carbons (Fsp3) is 0.280. The van der Waals surface area contributed by atoms with E-state index in [-0.39, 0.29) is 23.8 Å². The highest BCUT2D eigenvalue weighted by molar-refractivity contribution is 6.30. The van der Waals surface area contributed by atoms with Crippen molar-refractivity contribution in [2.24, 2.45) is 5.92 Å². The standard InChI is InChI=1S/C25H25ClN2O/c1-18(28(25(29)21-11-12-21)23-8-5-15-27-17-23)24(20-6-3-2-4-7-20)16-19-9-13-22(26)14-10-19/h2-10,13-15,17-18,21,24H,11-12,16H2,1H3. The molecule has 1 fully saturated rings. The Bertz CT molecular complexity index is 940. The molecule has 4 rings (SSSR count). The largest absolute Gasteiger partial charge is 0.307 e. The predicted molar refractivity (Wildman–Crippen MR) is 118 cm³/mol. The van der Waals surface area contributed by atoms with Gasteiger partial charge in [-0.3, -0.25) is 9.78 Å². The molecule has 1 saturated carbocycles. The maximum Gasteiger partial charge on any atom is 0.230 e. The van der Waals surface area contributed by atoms with E-state index in [1.165, 1.54) is 11.1 Å². The molecule has 0 saturated heterocycles. The SMILES string of the molecule is CC(C(Cc1ccc(Cl)cc1)c1ccccc1)N(C(=O)C1CC1)c1cccnc1. The van der Waals surface area contributed by atoms with E-state index >= 15 is 0 Å². The topological polar surface area (TPSA) is 33.2 Å². The molecule has 1 aromatic heterocycles. The molecule has 2 aromatic carbocycles. The number of hydrogen-bond acceptors (Lipinski definition) is 2. The van der Waals surface area contributed by atoms with Gasteiger partial charge >= 0.3 is 0 Å². The summed E-state index contributed by atoms with van der Waals surface area (Å²) in [4.78, 5) is 19.5. The van der Waals surface area contributed by atoms with Crippen LogP contribution in [0.3, 0.4) is 0 Å². The van der Waals surface area contributed by atoms with Gasteiger partial charge in [-0.2, -0.15) is 0 Å². The smallest absolute Gasteiger partial charge is 0.230 e. The Hall–Kier alpha value is -2.65. The lowest BCUT2D eigenvalue weighted by atomic mass is 9.85. The van der Waals surface area contributed by atoms with E-state index in [4.69, 9.17) is 11.6 Å². The molecular formula is C25H25ClN2O. The van der Waals surface area contributed by atoms with Crippen LogP contribution >= 0.6 is 11.6 Å². The Morgan fingerprint density at radius 2 is 1.79 bits per heavy atom. The van der Waals surface area contributed by atoms with Crippen LogP contribution < -0.4 is 4.90 Å². The molecule has 3 nitrogen and oxygen atoms in total. The zero-order valence-corrected chi connectivity index (χ0v) is 17.3. The summed E-state index contributed by atoms with van der Waals surface area (Å²) in [5.74, 6) is 0.507. The van der Waals surface area contributed by atoms with Crippen LogP contribution in [0.4, 0.5) is 5.69 Å². The van der Waals surface area contributed by atoms with E-state index in [2.05, 4.69) is 48.3 Å². The van der Waals surface area contributed by atoms with Gasteiger partial charge in [-0.1, -0.05) is 54.1 Å². The lowest BCUT2D eigenvalue weighted by Crippen LogP contribution is -2.43. The zero-order valence-electron chi connectivity index (χ0n) is 16.5. The first kappa shape index (κ1) is 19.7. The zero-order chi connectivity index (χ0) is 20.2. The lowest BCUT2D eigenvalue weighted by molar-refractivity contribution is -0.120. The highest BCUT2D eigenvalue weighted by atomic mass is 35.5. The summed E-state index contributed by atoms with van der Waals surface area (Å²) in [5.41, 5.74) is 3.31. The number of carbonyl (C=O) groups excluding carboxylic acids is 1. The number of carbonyl (C=O) groups is 1. The van der Waals surface area contributed by atoms with Gasteiger partial charge in [0, 0.05) is 29.1 Å². The number of anilines is 1. The van der Waals surface area contributed by atoms with Gasteiger partial charge in [-0.05, 0) is 61.6 Å². The number of hydrogen-bond donors (Lipinski definition) is 0. The van der Waals surface area contributed by atoms with Gasteiger partial charge < -0.3 is 4.90 Å². The first-order valence-corrected chi connectivity index (χ1v) is 10.5. The number of halogens is 1. The second kappa shape index (κ2) is 8.79. The third kappa shape index (κ3) is 4.68. The van der Waals surface area contributed by atoms with Crippen molar-refractivity contribution < 1.29 is 4.79 Å². The van der Waals surface area contributed by atoms with Gasteiger partial charge in [-0.15, -0.1) is 0 Å². The highest BCUT2D eigenvalue weighted by Crippen LogP contribution is 2.37. The van der Waals surface area contributed by atoms with Gasteiger partial charge in [0.25, 0.3) is 0 Å². The van der Waals surface area contributed by atoms with E-state index in [1.807, 2.05) is 35.2 Å². The highest BCUT2D eigenvalue weighted by Gasteiger charge is 2.38. The molecular weight excluding hydrogens is 380 g/mol. The van der Waals surface area contributed by atoms with Crippen LogP contribution in [0.5, 0.6) is 0 Å². The van der Waals surface area contributed by atoms with Crippen molar-refractivity contribution in [3.63, 3.8) is 0 Å². The summed E-state index contributed by atoms with van der Waals surface area (Å²) < 4.78 is 0. The quantitative estimate of drug-likeness (QED) is 0.491. The van der Waals surface area contributed by atoms with E-state index < -0.39 is 0 Å². The second-order valence-electron chi connectivity index (χ2n) is 7.78. The first-order valence-electron chi connectivity index (χ1n) is 10.2. The molecule has 148 valence electrons. The van der Waals surface area contributed by atoms with Crippen LogP contribution in [-0.4, -0.2) is 16.9 Å². The predicted octanol–water partition coefficient (Wildman–Crippen LogP) is 5.89. The number of rotatable bonds is 7. The van der Waals surface area contributed by atoms with Gasteiger partial charge in [0.05, 0.1) is 11.9 Å². The lowest BCUT2D eigenvalue weighted by Gasteiger charge is -2.35. The van der Waals surface area contributed by atoms with Crippen molar-refractivity contribution in [3.8, 4) is 0 Å². The minimum Gasteiger partial charge on any atom is -0.307 e. The van der Waals surface area contributed by atoms with Gasteiger partial charge in [0.2, 0.25) is 5.91 Å². The van der Waals surface area contributed by atoms with Gasteiger partial charge in [-0.25, -0.2) is 0 Å². The van der Waals surface area contributed by atoms with Crippen LogP contribution in [0, 0.1) is 5.92 Å². The molecule has 1 heterocycles. The molecule has 0 aliphatic heterocycles.